The van der Waals surface area contributed by atoms with E-state index in [1.165, 1.54) is 0 Å². The minimum atomic E-state index is -0.810. The number of halogens is 2. The Bertz CT molecular complexity index is 635. The second kappa shape index (κ2) is 6.35. The topological polar surface area (TPSA) is 29.9 Å². The van der Waals surface area contributed by atoms with Crippen molar-refractivity contribution in [2.45, 2.75) is 33.2 Å². The zero-order valence-electron chi connectivity index (χ0n) is 12.9. The van der Waals surface area contributed by atoms with Crippen LogP contribution in [-0.4, -0.2) is 16.3 Å². The molecule has 2 rings (SSSR count). The van der Waals surface area contributed by atoms with Crippen LogP contribution in [0.5, 0.6) is 0 Å². The first kappa shape index (κ1) is 15.6. The van der Waals surface area contributed by atoms with E-state index in [1.807, 2.05) is 32.5 Å². The maximum Gasteiger partial charge on any atom is 0.163 e. The normalized spacial score (nSPS) is 12.7. The smallest absolute Gasteiger partial charge is 0.163 e. The molecule has 0 aliphatic rings. The molecule has 0 spiro atoms. The molecule has 0 bridgehead atoms. The summed E-state index contributed by atoms with van der Waals surface area (Å²) in [5.41, 5.74) is 3.41. The third-order valence-electron chi connectivity index (χ3n) is 3.87. The highest BCUT2D eigenvalue weighted by molar-refractivity contribution is 5.30. The second-order valence-electron chi connectivity index (χ2n) is 5.23. The maximum absolute atomic E-state index is 14.0. The number of rotatable bonds is 5. The van der Waals surface area contributed by atoms with Gasteiger partial charge < -0.3 is 5.32 Å². The summed E-state index contributed by atoms with van der Waals surface area (Å²) in [7, 11) is 1.89. The number of aryl methyl sites for hydroxylation is 2. The molecular formula is C16H21F2N3. The number of likely N-dealkylation sites (N-methyl/N-ethyl adjacent to an activating group) is 1. The van der Waals surface area contributed by atoms with E-state index >= 15 is 0 Å². The van der Waals surface area contributed by atoms with E-state index in [1.54, 1.807) is 12.1 Å². The number of nitrogens with one attached hydrogen (secondary N) is 1. The number of nitrogens with zero attached hydrogens (tertiary/aromatic N) is 2. The fraction of sp³-hybridized carbons (Fsp3) is 0.438. The molecule has 0 saturated carbocycles. The number of aromatic nitrogens is 2. The zero-order chi connectivity index (χ0) is 15.6. The molecule has 1 N–H and O–H groups in total. The SMILES string of the molecule is CCNC(Cc1c(C)nn(C)c1C)c1cccc(F)c1F. The Kier molecular flexibility index (Phi) is 4.73. The molecule has 21 heavy (non-hydrogen) atoms. The summed E-state index contributed by atoms with van der Waals surface area (Å²) in [5.74, 6) is -1.59. The average Bonchev–Trinajstić information content (AvgIpc) is 2.68. The van der Waals surface area contributed by atoms with E-state index in [4.69, 9.17) is 0 Å². The van der Waals surface area contributed by atoms with Crippen LogP contribution < -0.4 is 5.32 Å². The lowest BCUT2D eigenvalue weighted by molar-refractivity contribution is 0.463. The van der Waals surface area contributed by atoms with E-state index in [0.717, 1.165) is 23.0 Å². The van der Waals surface area contributed by atoms with E-state index < -0.39 is 11.6 Å². The van der Waals surface area contributed by atoms with E-state index in [-0.39, 0.29) is 6.04 Å². The van der Waals surface area contributed by atoms with Gasteiger partial charge in [0.05, 0.1) is 5.69 Å². The summed E-state index contributed by atoms with van der Waals surface area (Å²) in [5, 5.41) is 7.61. The van der Waals surface area contributed by atoms with Gasteiger partial charge in [-0.15, -0.1) is 0 Å². The van der Waals surface area contributed by atoms with Crippen LogP contribution >= 0.6 is 0 Å². The molecule has 0 fully saturated rings. The second-order valence-corrected chi connectivity index (χ2v) is 5.23. The van der Waals surface area contributed by atoms with Gasteiger partial charge in [-0.2, -0.15) is 5.10 Å². The van der Waals surface area contributed by atoms with Crippen LogP contribution in [0, 0.1) is 25.5 Å². The van der Waals surface area contributed by atoms with Gasteiger partial charge in [-0.3, -0.25) is 4.68 Å². The highest BCUT2D eigenvalue weighted by Crippen LogP contribution is 2.25. The lowest BCUT2D eigenvalue weighted by atomic mass is 9.97. The minimum Gasteiger partial charge on any atom is -0.310 e. The maximum atomic E-state index is 14.0. The van der Waals surface area contributed by atoms with Crippen molar-refractivity contribution >= 4 is 0 Å². The van der Waals surface area contributed by atoms with Gasteiger partial charge in [-0.1, -0.05) is 19.1 Å². The van der Waals surface area contributed by atoms with Crippen molar-refractivity contribution in [3.63, 3.8) is 0 Å². The lowest BCUT2D eigenvalue weighted by Gasteiger charge is -2.19. The lowest BCUT2D eigenvalue weighted by Crippen LogP contribution is -2.24. The van der Waals surface area contributed by atoms with Crippen LogP contribution in [0.25, 0.3) is 0 Å². The predicted molar refractivity (Wildman–Crippen MR) is 79.2 cm³/mol. The Hall–Kier alpha value is -1.75. The first-order valence-corrected chi connectivity index (χ1v) is 7.12. The molecule has 0 amide bonds. The molecule has 1 aromatic carbocycles. The van der Waals surface area contributed by atoms with E-state index in [0.29, 0.717) is 18.5 Å². The van der Waals surface area contributed by atoms with Gasteiger partial charge in [-0.05, 0) is 38.4 Å². The van der Waals surface area contributed by atoms with Crippen LogP contribution in [-0.2, 0) is 13.5 Å². The van der Waals surface area contributed by atoms with Crippen molar-refractivity contribution in [2.75, 3.05) is 6.54 Å². The molecule has 0 saturated heterocycles. The molecule has 3 nitrogen and oxygen atoms in total. The van der Waals surface area contributed by atoms with E-state index in [9.17, 15) is 8.78 Å². The summed E-state index contributed by atoms with van der Waals surface area (Å²) in [6.45, 7) is 6.56. The fourth-order valence-electron chi connectivity index (χ4n) is 2.65. The summed E-state index contributed by atoms with van der Waals surface area (Å²) in [6, 6.07) is 4.04. The Morgan fingerprint density at radius 2 is 2.00 bits per heavy atom. The Balaban J connectivity index is 2.38. The quantitative estimate of drug-likeness (QED) is 0.917. The largest absolute Gasteiger partial charge is 0.310 e. The first-order valence-electron chi connectivity index (χ1n) is 7.12. The molecule has 1 unspecified atom stereocenters. The van der Waals surface area contributed by atoms with Crippen molar-refractivity contribution in [2.24, 2.45) is 7.05 Å². The van der Waals surface area contributed by atoms with Crippen molar-refractivity contribution in [3.05, 3.63) is 52.3 Å². The molecule has 2 aromatic rings. The molecule has 1 heterocycles. The van der Waals surface area contributed by atoms with Crippen LogP contribution in [0.1, 0.15) is 35.5 Å². The van der Waals surface area contributed by atoms with Gasteiger partial charge in [0.2, 0.25) is 0 Å². The molecule has 5 heteroatoms. The fourth-order valence-corrected chi connectivity index (χ4v) is 2.65. The Labute approximate surface area is 124 Å². The highest BCUT2D eigenvalue weighted by Gasteiger charge is 2.21. The number of hydrogen-bond donors (Lipinski definition) is 1. The molecule has 0 aliphatic heterocycles. The van der Waals surface area contributed by atoms with Gasteiger partial charge in [-0.25, -0.2) is 8.78 Å². The van der Waals surface area contributed by atoms with Gasteiger partial charge >= 0.3 is 0 Å². The van der Waals surface area contributed by atoms with Crippen LogP contribution in [0.4, 0.5) is 8.78 Å². The van der Waals surface area contributed by atoms with Crippen LogP contribution in [0.2, 0.25) is 0 Å². The van der Waals surface area contributed by atoms with Crippen LogP contribution in [0.15, 0.2) is 18.2 Å². The van der Waals surface area contributed by atoms with Crippen molar-refractivity contribution < 1.29 is 8.78 Å². The van der Waals surface area contributed by atoms with Crippen molar-refractivity contribution in [3.8, 4) is 0 Å². The molecular weight excluding hydrogens is 272 g/mol. The standard InChI is InChI=1S/C16H21F2N3/c1-5-19-15(12-7-6-8-14(17)16(12)18)9-13-10(2)20-21(4)11(13)3/h6-8,15,19H,5,9H2,1-4H3. The van der Waals surface area contributed by atoms with Crippen molar-refractivity contribution in [1.82, 2.24) is 15.1 Å². The summed E-state index contributed by atoms with van der Waals surface area (Å²) in [4.78, 5) is 0. The highest BCUT2D eigenvalue weighted by atomic mass is 19.2. The summed E-state index contributed by atoms with van der Waals surface area (Å²) in [6.07, 6.45) is 0.583. The monoisotopic (exact) mass is 293 g/mol. The summed E-state index contributed by atoms with van der Waals surface area (Å²) >= 11 is 0. The number of benzene rings is 1. The third-order valence-corrected chi connectivity index (χ3v) is 3.87. The van der Waals surface area contributed by atoms with E-state index in [2.05, 4.69) is 10.4 Å². The van der Waals surface area contributed by atoms with Crippen molar-refractivity contribution in [1.29, 1.82) is 0 Å². The Morgan fingerprint density at radius 1 is 1.29 bits per heavy atom. The molecule has 0 aliphatic carbocycles. The predicted octanol–water partition coefficient (Wildman–Crippen LogP) is 3.21. The third kappa shape index (κ3) is 3.13. The molecule has 1 atom stereocenters. The molecule has 0 radical (unpaired) electrons. The molecule has 1 aromatic heterocycles. The first-order chi connectivity index (χ1) is 9.95. The van der Waals surface area contributed by atoms with Gasteiger partial charge in [0.15, 0.2) is 11.6 Å². The minimum absolute atomic E-state index is 0.271. The zero-order valence-corrected chi connectivity index (χ0v) is 12.9. The number of hydrogen-bond acceptors (Lipinski definition) is 2. The molecule has 114 valence electrons. The van der Waals surface area contributed by atoms with Crippen LogP contribution in [0.3, 0.4) is 0 Å². The van der Waals surface area contributed by atoms with Gasteiger partial charge in [0.1, 0.15) is 0 Å². The van der Waals surface area contributed by atoms with Gasteiger partial charge in [0, 0.05) is 24.3 Å². The summed E-state index contributed by atoms with van der Waals surface area (Å²) < 4.78 is 29.3. The Morgan fingerprint density at radius 3 is 2.57 bits per heavy atom. The van der Waals surface area contributed by atoms with Gasteiger partial charge in [0.25, 0.3) is 0 Å². The average molecular weight is 293 g/mol.